The monoisotopic (exact) mass is 286 g/mol. The average molecular weight is 286 g/mol. The predicted octanol–water partition coefficient (Wildman–Crippen LogP) is 0.921. The first-order valence-electron chi connectivity index (χ1n) is 5.57. The second-order valence-corrected chi connectivity index (χ2v) is 7.68. The van der Waals surface area contributed by atoms with E-state index in [1.807, 2.05) is 0 Å². The lowest BCUT2D eigenvalue weighted by atomic mass is 10.3. The molecule has 0 N–H and O–H groups in total. The van der Waals surface area contributed by atoms with Crippen molar-refractivity contribution in [2.24, 2.45) is 0 Å². The van der Waals surface area contributed by atoms with E-state index in [0.717, 1.165) is 6.29 Å². The van der Waals surface area contributed by atoms with Crippen molar-refractivity contribution in [3.63, 3.8) is 0 Å². The van der Waals surface area contributed by atoms with Crippen LogP contribution in [0.5, 0.6) is 0 Å². The summed E-state index contributed by atoms with van der Waals surface area (Å²) in [5.74, 6) is 0.551. The van der Waals surface area contributed by atoms with E-state index < -0.39 is 20.6 Å². The van der Waals surface area contributed by atoms with Crippen molar-refractivity contribution in [2.45, 2.75) is 17.7 Å². The first kappa shape index (κ1) is 13.4. The van der Waals surface area contributed by atoms with E-state index in [0.29, 0.717) is 11.4 Å². The highest BCUT2D eigenvalue weighted by atomic mass is 32.3. The topological polar surface area (TPSA) is 67.3 Å². The third-order valence-corrected chi connectivity index (χ3v) is 6.79. The standard InChI is InChI=1S/C11H14N2O3S2/c1-2-18(15,16)11-13(10(7-14)8-17-11)9-4-3-5-12-6-9/h3-7,10-11H,2,8H2,1H3. The minimum Gasteiger partial charge on any atom is -0.335 e. The van der Waals surface area contributed by atoms with Crippen LogP contribution in [0.25, 0.3) is 0 Å². The van der Waals surface area contributed by atoms with Crippen LogP contribution in [0.2, 0.25) is 0 Å². The molecule has 1 aliphatic heterocycles. The Morgan fingerprint density at radius 1 is 1.61 bits per heavy atom. The van der Waals surface area contributed by atoms with E-state index in [-0.39, 0.29) is 5.75 Å². The molecule has 1 saturated heterocycles. The fraction of sp³-hybridized carbons (Fsp3) is 0.455. The van der Waals surface area contributed by atoms with Gasteiger partial charge in [-0.3, -0.25) is 4.98 Å². The van der Waals surface area contributed by atoms with Gasteiger partial charge in [-0.1, -0.05) is 6.92 Å². The molecule has 1 aliphatic rings. The maximum atomic E-state index is 12.0. The van der Waals surface area contributed by atoms with Crippen molar-refractivity contribution < 1.29 is 13.2 Å². The molecule has 0 radical (unpaired) electrons. The highest BCUT2D eigenvalue weighted by Gasteiger charge is 2.41. The molecular formula is C11H14N2O3S2. The molecule has 2 heterocycles. The molecular weight excluding hydrogens is 272 g/mol. The number of hydrogen-bond acceptors (Lipinski definition) is 6. The van der Waals surface area contributed by atoms with E-state index >= 15 is 0 Å². The maximum Gasteiger partial charge on any atom is 0.180 e. The molecule has 98 valence electrons. The van der Waals surface area contributed by atoms with Crippen molar-refractivity contribution in [2.75, 3.05) is 16.4 Å². The summed E-state index contributed by atoms with van der Waals surface area (Å²) >= 11 is 1.29. The number of rotatable bonds is 4. The van der Waals surface area contributed by atoms with Gasteiger partial charge < -0.3 is 9.69 Å². The van der Waals surface area contributed by atoms with E-state index in [9.17, 15) is 13.2 Å². The molecule has 0 aromatic carbocycles. The maximum absolute atomic E-state index is 12.0. The summed E-state index contributed by atoms with van der Waals surface area (Å²) in [6.45, 7) is 1.62. The Hall–Kier alpha value is -1.08. The third kappa shape index (κ3) is 2.37. The predicted molar refractivity (Wildman–Crippen MR) is 72.3 cm³/mol. The van der Waals surface area contributed by atoms with Crippen molar-refractivity contribution in [1.29, 1.82) is 0 Å². The second kappa shape index (κ2) is 5.27. The van der Waals surface area contributed by atoms with Crippen LogP contribution >= 0.6 is 11.8 Å². The number of pyridine rings is 1. The number of aldehydes is 1. The van der Waals surface area contributed by atoms with Crippen LogP contribution < -0.4 is 4.90 Å². The summed E-state index contributed by atoms with van der Waals surface area (Å²) in [5.41, 5.74) is 0.668. The number of anilines is 1. The van der Waals surface area contributed by atoms with Gasteiger partial charge in [0.05, 0.1) is 23.7 Å². The molecule has 1 fully saturated rings. The Labute approximate surface area is 111 Å². The fourth-order valence-electron chi connectivity index (χ4n) is 1.84. The molecule has 2 unspecified atom stereocenters. The zero-order valence-electron chi connectivity index (χ0n) is 9.89. The van der Waals surface area contributed by atoms with Crippen LogP contribution in [0.3, 0.4) is 0 Å². The van der Waals surface area contributed by atoms with Crippen LogP contribution in [-0.2, 0) is 14.6 Å². The smallest absolute Gasteiger partial charge is 0.180 e. The first-order chi connectivity index (χ1) is 8.60. The molecule has 0 amide bonds. The van der Waals surface area contributed by atoms with Crippen molar-refractivity contribution >= 4 is 33.6 Å². The lowest BCUT2D eigenvalue weighted by Crippen LogP contribution is -2.42. The SMILES string of the molecule is CCS(=O)(=O)C1SCC(C=O)N1c1cccnc1. The number of nitrogens with zero attached hydrogens (tertiary/aromatic N) is 2. The lowest BCUT2D eigenvalue weighted by Gasteiger charge is -2.27. The summed E-state index contributed by atoms with van der Waals surface area (Å²) in [7, 11) is -3.24. The van der Waals surface area contributed by atoms with Gasteiger partial charge >= 0.3 is 0 Å². The van der Waals surface area contributed by atoms with E-state index in [1.54, 1.807) is 36.4 Å². The number of carbonyl (C=O) groups is 1. The van der Waals surface area contributed by atoms with Crippen LogP contribution in [0.1, 0.15) is 6.92 Å². The number of hydrogen-bond donors (Lipinski definition) is 0. The Kier molecular flexibility index (Phi) is 3.91. The minimum absolute atomic E-state index is 0.0625. The third-order valence-electron chi connectivity index (χ3n) is 2.80. The van der Waals surface area contributed by atoms with Gasteiger partial charge in [0, 0.05) is 11.9 Å². The van der Waals surface area contributed by atoms with E-state index in [4.69, 9.17) is 0 Å². The van der Waals surface area contributed by atoms with Crippen molar-refractivity contribution in [1.82, 2.24) is 4.98 Å². The average Bonchev–Trinajstić information content (AvgIpc) is 2.84. The second-order valence-electron chi connectivity index (χ2n) is 3.91. The summed E-state index contributed by atoms with van der Waals surface area (Å²) in [5, 5.41) is 0. The summed E-state index contributed by atoms with van der Waals surface area (Å²) < 4.78 is 23.4. The largest absolute Gasteiger partial charge is 0.335 e. The fourth-order valence-corrected chi connectivity index (χ4v) is 5.26. The Morgan fingerprint density at radius 3 is 2.94 bits per heavy atom. The molecule has 0 bridgehead atoms. The molecule has 0 aliphatic carbocycles. The van der Waals surface area contributed by atoms with Gasteiger partial charge in [-0.05, 0) is 12.1 Å². The molecule has 5 nitrogen and oxygen atoms in total. The molecule has 1 aromatic heterocycles. The quantitative estimate of drug-likeness (QED) is 0.767. The lowest BCUT2D eigenvalue weighted by molar-refractivity contribution is -0.108. The highest BCUT2D eigenvalue weighted by molar-refractivity contribution is 8.13. The number of thioether (sulfide) groups is 1. The Bertz CT molecular complexity index is 518. The first-order valence-corrected chi connectivity index (χ1v) is 8.33. The van der Waals surface area contributed by atoms with Gasteiger partial charge in [-0.15, -0.1) is 11.8 Å². The molecule has 18 heavy (non-hydrogen) atoms. The minimum atomic E-state index is -3.24. The summed E-state index contributed by atoms with van der Waals surface area (Å²) in [6, 6.07) is 3.09. The molecule has 1 aromatic rings. The van der Waals surface area contributed by atoms with E-state index in [2.05, 4.69) is 4.98 Å². The van der Waals surface area contributed by atoms with Crippen LogP contribution in [0, 0.1) is 0 Å². The van der Waals surface area contributed by atoms with Crippen LogP contribution in [0.15, 0.2) is 24.5 Å². The van der Waals surface area contributed by atoms with Gasteiger partial charge in [0.1, 0.15) is 6.29 Å². The van der Waals surface area contributed by atoms with E-state index in [1.165, 1.54) is 11.8 Å². The molecule has 2 atom stereocenters. The van der Waals surface area contributed by atoms with Gasteiger partial charge in [-0.2, -0.15) is 0 Å². The molecule has 0 saturated carbocycles. The number of aromatic nitrogens is 1. The van der Waals surface area contributed by atoms with Gasteiger partial charge in [0.2, 0.25) is 0 Å². The van der Waals surface area contributed by atoms with Crippen LogP contribution in [0.4, 0.5) is 5.69 Å². The Balaban J connectivity index is 2.41. The molecule has 0 spiro atoms. The summed E-state index contributed by atoms with van der Waals surface area (Å²) in [4.78, 5) is 16.7. The van der Waals surface area contributed by atoms with Crippen molar-refractivity contribution in [3.05, 3.63) is 24.5 Å². The Morgan fingerprint density at radius 2 is 2.39 bits per heavy atom. The van der Waals surface area contributed by atoms with Gasteiger partial charge in [-0.25, -0.2) is 8.42 Å². The molecule has 2 rings (SSSR count). The normalized spacial score (nSPS) is 24.2. The van der Waals surface area contributed by atoms with Crippen LogP contribution in [-0.4, -0.2) is 41.9 Å². The zero-order valence-corrected chi connectivity index (χ0v) is 11.5. The number of carbonyl (C=O) groups excluding carboxylic acids is 1. The van der Waals surface area contributed by atoms with Gasteiger partial charge in [0.25, 0.3) is 0 Å². The van der Waals surface area contributed by atoms with Gasteiger partial charge in [0.15, 0.2) is 14.5 Å². The molecule has 7 heteroatoms. The zero-order chi connectivity index (χ0) is 13.2. The number of sulfone groups is 1. The summed E-state index contributed by atoms with van der Waals surface area (Å²) in [6.07, 6.45) is 4.00. The highest BCUT2D eigenvalue weighted by Crippen LogP contribution is 2.36. The van der Waals surface area contributed by atoms with Crippen molar-refractivity contribution in [3.8, 4) is 0 Å².